The van der Waals surface area contributed by atoms with Gasteiger partial charge >= 0.3 is 0 Å². The van der Waals surface area contributed by atoms with Gasteiger partial charge in [0.25, 0.3) is 0 Å². The Morgan fingerprint density at radius 2 is 2.27 bits per heavy atom. The van der Waals surface area contributed by atoms with Crippen molar-refractivity contribution in [1.29, 1.82) is 0 Å². The molecule has 4 aliphatic rings. The smallest absolute Gasteiger partial charge is 0.0940 e. The topological polar surface area (TPSA) is 24.7 Å². The van der Waals surface area contributed by atoms with Crippen LogP contribution in [0.25, 0.3) is 0 Å². The highest BCUT2D eigenvalue weighted by atomic mass is 15.0. The van der Waals surface area contributed by atoms with Gasteiger partial charge in [0.2, 0.25) is 0 Å². The number of aliphatic imine (C=N–C) groups is 2. The van der Waals surface area contributed by atoms with Crippen LogP contribution >= 0.6 is 0 Å². The number of hydrogen-bond donors (Lipinski definition) is 0. The summed E-state index contributed by atoms with van der Waals surface area (Å²) in [5.74, 6) is 0. The molecular formula is C9H4N2. The van der Waals surface area contributed by atoms with Gasteiger partial charge in [-0.25, -0.2) is 4.99 Å². The average molecular weight is 140 g/mol. The second-order valence-corrected chi connectivity index (χ2v) is 3.18. The van der Waals surface area contributed by atoms with E-state index in [0.29, 0.717) is 0 Å². The van der Waals surface area contributed by atoms with E-state index >= 15 is 0 Å². The lowest BCUT2D eigenvalue weighted by Crippen LogP contribution is -1.91. The van der Waals surface area contributed by atoms with Crippen LogP contribution in [-0.4, -0.2) is 11.9 Å². The second kappa shape index (κ2) is 1.05. The van der Waals surface area contributed by atoms with Gasteiger partial charge in [0.15, 0.2) is 0 Å². The minimum absolute atomic E-state index is 1.13. The first-order valence-corrected chi connectivity index (χ1v) is 3.75. The number of rotatable bonds is 0. The Morgan fingerprint density at radius 1 is 1.27 bits per heavy atom. The van der Waals surface area contributed by atoms with E-state index in [1.807, 2.05) is 12.4 Å². The summed E-state index contributed by atoms with van der Waals surface area (Å²) >= 11 is 0. The molecule has 50 valence electrons. The van der Waals surface area contributed by atoms with Crippen LogP contribution in [0.5, 0.6) is 0 Å². The average Bonchev–Trinajstić information content (AvgIpc) is 2.46. The Morgan fingerprint density at radius 3 is 3.27 bits per heavy atom. The van der Waals surface area contributed by atoms with Gasteiger partial charge in [-0.2, -0.15) is 0 Å². The van der Waals surface area contributed by atoms with Crippen molar-refractivity contribution in [2.45, 2.75) is 6.42 Å². The molecule has 2 heterocycles. The number of nitrogens with zero attached hydrogens (tertiary/aromatic N) is 2. The van der Waals surface area contributed by atoms with Crippen LogP contribution in [0.3, 0.4) is 0 Å². The first kappa shape index (κ1) is 4.44. The van der Waals surface area contributed by atoms with Crippen LogP contribution in [0, 0.1) is 0 Å². The zero-order valence-electron chi connectivity index (χ0n) is 5.76. The van der Waals surface area contributed by atoms with Crippen LogP contribution in [0.4, 0.5) is 0 Å². The fraction of sp³-hybridized carbons (Fsp3) is 0.111. The number of hydrogen-bond acceptors (Lipinski definition) is 2. The predicted molar refractivity (Wildman–Crippen MR) is 42.7 cm³/mol. The van der Waals surface area contributed by atoms with Gasteiger partial charge in [0, 0.05) is 30.0 Å². The van der Waals surface area contributed by atoms with Crippen LogP contribution < -0.4 is 0 Å². The molecule has 2 aliphatic carbocycles. The van der Waals surface area contributed by atoms with Crippen LogP contribution in [0.15, 0.2) is 44.2 Å². The van der Waals surface area contributed by atoms with Crippen molar-refractivity contribution < 1.29 is 0 Å². The Labute approximate surface area is 63.4 Å². The summed E-state index contributed by atoms with van der Waals surface area (Å²) in [6, 6.07) is 0. The molecule has 2 aliphatic heterocycles. The molecular weight excluding hydrogens is 136 g/mol. The summed E-state index contributed by atoms with van der Waals surface area (Å²) < 4.78 is 0. The summed E-state index contributed by atoms with van der Waals surface area (Å²) in [4.78, 5) is 8.43. The van der Waals surface area contributed by atoms with Gasteiger partial charge in [0.1, 0.15) is 0 Å². The van der Waals surface area contributed by atoms with E-state index in [4.69, 9.17) is 0 Å². The number of fused-ring (bicyclic) bond motifs is 6. The SMILES string of the molecule is C1=NC=C2C1=C1CC2=C2N=C12. The normalized spacial score (nSPS) is 27.6. The van der Waals surface area contributed by atoms with Crippen molar-refractivity contribution in [3.63, 3.8) is 0 Å². The van der Waals surface area contributed by atoms with E-state index in [1.54, 1.807) is 0 Å². The number of allylic oxidation sites excluding steroid dienone is 4. The highest BCUT2D eigenvalue weighted by Gasteiger charge is 2.44. The zero-order chi connectivity index (χ0) is 7.00. The molecule has 11 heavy (non-hydrogen) atoms. The van der Waals surface area contributed by atoms with Gasteiger partial charge in [-0.15, -0.1) is 0 Å². The standard InChI is InChI=1S/C9H4N2/c1-4-6-2-10-3-7(6)5(1)9-8(4)11-9/h2-3H,1H2. The van der Waals surface area contributed by atoms with Gasteiger partial charge in [0.05, 0.1) is 11.4 Å². The van der Waals surface area contributed by atoms with Crippen molar-refractivity contribution in [2.75, 3.05) is 0 Å². The monoisotopic (exact) mass is 140 g/mol. The molecule has 2 nitrogen and oxygen atoms in total. The summed E-state index contributed by atoms with van der Waals surface area (Å²) in [6.07, 6.45) is 5.03. The molecule has 0 amide bonds. The zero-order valence-corrected chi connectivity index (χ0v) is 5.76. The Hall–Kier alpha value is -1.44. The lowest BCUT2D eigenvalue weighted by atomic mass is 10.0. The highest BCUT2D eigenvalue weighted by molar-refractivity contribution is 6.31. The summed E-state index contributed by atoms with van der Waals surface area (Å²) in [6.45, 7) is 0. The third-order valence-electron chi connectivity index (χ3n) is 2.67. The molecule has 0 spiro atoms. The lowest BCUT2D eigenvalue weighted by molar-refractivity contribution is 1.27. The Bertz CT molecular complexity index is 456. The molecule has 2 bridgehead atoms. The quantitative estimate of drug-likeness (QED) is 0.485. The van der Waals surface area contributed by atoms with Crippen molar-refractivity contribution >= 4 is 11.9 Å². The summed E-state index contributed by atoms with van der Waals surface area (Å²) in [7, 11) is 0. The van der Waals surface area contributed by atoms with E-state index in [2.05, 4.69) is 9.98 Å². The minimum Gasteiger partial charge on any atom is -0.263 e. The van der Waals surface area contributed by atoms with Crippen molar-refractivity contribution in [3.05, 3.63) is 34.2 Å². The van der Waals surface area contributed by atoms with Crippen LogP contribution in [0.1, 0.15) is 6.42 Å². The highest BCUT2D eigenvalue weighted by Crippen LogP contribution is 2.52. The Balaban J connectivity index is 2.22. The van der Waals surface area contributed by atoms with Crippen molar-refractivity contribution in [2.24, 2.45) is 9.98 Å². The molecule has 0 aromatic heterocycles. The van der Waals surface area contributed by atoms with Crippen molar-refractivity contribution in [3.8, 4) is 0 Å². The van der Waals surface area contributed by atoms with Crippen LogP contribution in [0.2, 0.25) is 0 Å². The first-order chi connectivity index (χ1) is 5.45. The van der Waals surface area contributed by atoms with E-state index < -0.39 is 0 Å². The third-order valence-corrected chi connectivity index (χ3v) is 2.67. The molecule has 4 rings (SSSR count). The van der Waals surface area contributed by atoms with E-state index in [1.165, 1.54) is 33.7 Å². The van der Waals surface area contributed by atoms with Gasteiger partial charge in [-0.05, 0) is 11.1 Å². The molecule has 0 fully saturated rings. The minimum atomic E-state index is 1.13. The molecule has 0 aromatic carbocycles. The fourth-order valence-electron chi connectivity index (χ4n) is 2.10. The summed E-state index contributed by atoms with van der Waals surface area (Å²) in [5.41, 5.74) is 8.03. The predicted octanol–water partition coefficient (Wildman–Crippen LogP) is 1.38. The largest absolute Gasteiger partial charge is 0.263 e. The molecule has 0 unspecified atom stereocenters. The lowest BCUT2D eigenvalue weighted by Gasteiger charge is -1.96. The third kappa shape index (κ3) is 0.308. The molecule has 0 saturated heterocycles. The molecule has 2 heteroatoms. The molecule has 0 atom stereocenters. The van der Waals surface area contributed by atoms with Gasteiger partial charge in [-0.1, -0.05) is 0 Å². The maximum absolute atomic E-state index is 4.30. The van der Waals surface area contributed by atoms with E-state index in [9.17, 15) is 0 Å². The maximum Gasteiger partial charge on any atom is 0.0940 e. The van der Waals surface area contributed by atoms with Crippen LogP contribution in [-0.2, 0) is 0 Å². The second-order valence-electron chi connectivity index (χ2n) is 3.18. The van der Waals surface area contributed by atoms with Gasteiger partial charge in [-0.3, -0.25) is 4.99 Å². The molecule has 0 aromatic rings. The molecule has 0 N–H and O–H groups in total. The van der Waals surface area contributed by atoms with E-state index in [0.717, 1.165) is 6.42 Å². The van der Waals surface area contributed by atoms with E-state index in [-0.39, 0.29) is 0 Å². The first-order valence-electron chi connectivity index (χ1n) is 3.75. The summed E-state index contributed by atoms with van der Waals surface area (Å²) in [5, 5.41) is 0. The van der Waals surface area contributed by atoms with Crippen molar-refractivity contribution in [1.82, 2.24) is 0 Å². The maximum atomic E-state index is 4.30. The fourth-order valence-corrected chi connectivity index (χ4v) is 2.10. The Kier molecular flexibility index (Phi) is 0.425. The molecule has 0 radical (unpaired) electrons. The van der Waals surface area contributed by atoms with Gasteiger partial charge < -0.3 is 0 Å². The molecule has 0 saturated carbocycles.